The van der Waals surface area contributed by atoms with Crippen molar-refractivity contribution in [3.8, 4) is 0 Å². The van der Waals surface area contributed by atoms with E-state index in [2.05, 4.69) is 15.5 Å². The molecule has 0 saturated heterocycles. The molecule has 0 unspecified atom stereocenters. The fraction of sp³-hybridized carbons (Fsp3) is 0.727. The molecule has 0 radical (unpaired) electrons. The minimum absolute atomic E-state index is 0. The molecule has 0 bridgehead atoms. The molecule has 1 aliphatic rings. The lowest BCUT2D eigenvalue weighted by Gasteiger charge is -2.13. The van der Waals surface area contributed by atoms with Crippen LogP contribution in [-0.2, 0) is 11.2 Å². The van der Waals surface area contributed by atoms with Crippen molar-refractivity contribution in [2.75, 3.05) is 5.32 Å². The molecule has 3 N–H and O–H groups in total. The van der Waals surface area contributed by atoms with Gasteiger partial charge in [-0.05, 0) is 25.2 Å². The van der Waals surface area contributed by atoms with Gasteiger partial charge >= 0.3 is 0 Å². The number of amides is 1. The Hall–Kier alpha value is -0.720. The van der Waals surface area contributed by atoms with Crippen LogP contribution in [0.3, 0.4) is 0 Å². The lowest BCUT2D eigenvalue weighted by atomic mass is 10.00. The average molecular weight is 291 g/mol. The molecule has 18 heavy (non-hydrogen) atoms. The number of hydrogen-bond acceptors (Lipinski definition) is 5. The highest BCUT2D eigenvalue weighted by molar-refractivity contribution is 7.15. The van der Waals surface area contributed by atoms with Crippen molar-refractivity contribution in [1.29, 1.82) is 0 Å². The third-order valence-corrected chi connectivity index (χ3v) is 4.16. The van der Waals surface area contributed by atoms with Crippen LogP contribution in [-0.4, -0.2) is 22.1 Å². The summed E-state index contributed by atoms with van der Waals surface area (Å²) in [5.41, 5.74) is 5.94. The highest BCUT2D eigenvalue weighted by Crippen LogP contribution is 2.27. The van der Waals surface area contributed by atoms with Crippen LogP contribution in [0.5, 0.6) is 0 Å². The van der Waals surface area contributed by atoms with Gasteiger partial charge in [0.15, 0.2) is 0 Å². The van der Waals surface area contributed by atoms with Gasteiger partial charge in [0.2, 0.25) is 11.0 Å². The highest BCUT2D eigenvalue weighted by Gasteiger charge is 2.26. The molecule has 5 nitrogen and oxygen atoms in total. The molecule has 0 spiro atoms. The molecular weight excluding hydrogens is 272 g/mol. The van der Waals surface area contributed by atoms with Crippen molar-refractivity contribution in [1.82, 2.24) is 10.2 Å². The minimum Gasteiger partial charge on any atom is -0.327 e. The van der Waals surface area contributed by atoms with E-state index < -0.39 is 0 Å². The smallest absolute Gasteiger partial charge is 0.226 e. The lowest BCUT2D eigenvalue weighted by molar-refractivity contribution is -0.117. The molecule has 2 atom stereocenters. The van der Waals surface area contributed by atoms with E-state index >= 15 is 0 Å². The first kappa shape index (κ1) is 15.3. The van der Waals surface area contributed by atoms with Crippen molar-refractivity contribution in [2.45, 2.75) is 45.1 Å². The number of nitrogens with two attached hydrogens (primary N) is 1. The van der Waals surface area contributed by atoms with E-state index in [0.29, 0.717) is 17.5 Å². The van der Waals surface area contributed by atoms with Crippen LogP contribution in [0.2, 0.25) is 0 Å². The molecule has 1 aromatic heterocycles. The Bertz CT molecular complexity index is 398. The first-order valence-electron chi connectivity index (χ1n) is 6.07. The van der Waals surface area contributed by atoms with Gasteiger partial charge in [-0.3, -0.25) is 4.79 Å². The zero-order valence-corrected chi connectivity index (χ0v) is 12.0. The van der Waals surface area contributed by atoms with E-state index in [9.17, 15) is 4.79 Å². The number of nitrogens with one attached hydrogen (secondary N) is 1. The summed E-state index contributed by atoms with van der Waals surface area (Å²) in [7, 11) is 0. The second-order valence-corrected chi connectivity index (χ2v) is 5.52. The summed E-state index contributed by atoms with van der Waals surface area (Å²) in [5, 5.41) is 12.2. The zero-order valence-electron chi connectivity index (χ0n) is 10.4. The summed E-state index contributed by atoms with van der Waals surface area (Å²) in [6, 6.07) is 0.182. The largest absolute Gasteiger partial charge is 0.327 e. The van der Waals surface area contributed by atoms with Gasteiger partial charge in [-0.15, -0.1) is 22.6 Å². The van der Waals surface area contributed by atoms with Crippen molar-refractivity contribution >= 4 is 34.8 Å². The number of aryl methyl sites for hydroxylation is 1. The van der Waals surface area contributed by atoms with Crippen LogP contribution in [0.15, 0.2) is 0 Å². The molecule has 102 valence electrons. The van der Waals surface area contributed by atoms with Gasteiger partial charge in [0.05, 0.1) is 0 Å². The maximum Gasteiger partial charge on any atom is 0.226 e. The van der Waals surface area contributed by atoms with Gasteiger partial charge in [0, 0.05) is 12.5 Å². The van der Waals surface area contributed by atoms with Crippen molar-refractivity contribution < 1.29 is 4.79 Å². The van der Waals surface area contributed by atoms with Gasteiger partial charge in [0.1, 0.15) is 5.01 Å². The third kappa shape index (κ3) is 3.90. The Labute approximate surface area is 117 Å². The minimum atomic E-state index is 0. The summed E-state index contributed by atoms with van der Waals surface area (Å²) < 4.78 is 0. The van der Waals surface area contributed by atoms with Gasteiger partial charge in [-0.25, -0.2) is 0 Å². The molecular formula is C11H19ClN4OS. The van der Waals surface area contributed by atoms with Crippen LogP contribution in [0.25, 0.3) is 0 Å². The van der Waals surface area contributed by atoms with Crippen LogP contribution >= 0.6 is 23.7 Å². The van der Waals surface area contributed by atoms with E-state index in [1.807, 2.05) is 6.92 Å². The van der Waals surface area contributed by atoms with E-state index in [1.165, 1.54) is 11.3 Å². The molecule has 1 heterocycles. The predicted molar refractivity (Wildman–Crippen MR) is 75.1 cm³/mol. The van der Waals surface area contributed by atoms with E-state index in [1.54, 1.807) is 0 Å². The fourth-order valence-corrected chi connectivity index (χ4v) is 2.87. The topological polar surface area (TPSA) is 80.9 Å². The van der Waals surface area contributed by atoms with E-state index in [4.69, 9.17) is 5.73 Å². The number of hydrogen-bond donors (Lipinski definition) is 2. The first-order valence-corrected chi connectivity index (χ1v) is 6.88. The van der Waals surface area contributed by atoms with Crippen LogP contribution < -0.4 is 11.1 Å². The van der Waals surface area contributed by atoms with Crippen LogP contribution in [0, 0.1) is 5.92 Å². The van der Waals surface area contributed by atoms with E-state index in [0.717, 1.165) is 30.7 Å². The van der Waals surface area contributed by atoms with Gasteiger partial charge in [-0.2, -0.15) is 0 Å². The van der Waals surface area contributed by atoms with Crippen molar-refractivity contribution in [3.63, 3.8) is 0 Å². The second-order valence-electron chi connectivity index (χ2n) is 4.46. The molecule has 0 aliphatic heterocycles. The molecule has 1 aromatic rings. The summed E-state index contributed by atoms with van der Waals surface area (Å²) in [4.78, 5) is 11.8. The molecule has 2 rings (SSSR count). The number of halogens is 1. The summed E-state index contributed by atoms with van der Waals surface area (Å²) >= 11 is 1.43. The van der Waals surface area contributed by atoms with Crippen molar-refractivity contribution in [2.24, 2.45) is 11.7 Å². The Morgan fingerprint density at radius 2 is 2.28 bits per heavy atom. The normalized spacial score (nSPS) is 22.6. The number of rotatable bonds is 4. The molecule has 1 saturated carbocycles. The number of carbonyl (C=O) groups excluding carboxylic acids is 1. The number of nitrogens with zero attached hydrogens (tertiary/aromatic N) is 2. The van der Waals surface area contributed by atoms with Crippen molar-refractivity contribution in [3.05, 3.63) is 5.01 Å². The molecule has 7 heteroatoms. The van der Waals surface area contributed by atoms with E-state index in [-0.39, 0.29) is 24.4 Å². The summed E-state index contributed by atoms with van der Waals surface area (Å²) in [5.74, 6) is 0.333. The Balaban J connectivity index is 0.00000162. The Kier molecular flexibility index (Phi) is 5.98. The highest BCUT2D eigenvalue weighted by atomic mass is 35.5. The molecule has 1 amide bonds. The number of carbonyl (C=O) groups is 1. The number of anilines is 1. The van der Waals surface area contributed by atoms with Crippen LogP contribution in [0.1, 0.15) is 37.6 Å². The average Bonchev–Trinajstić information content (AvgIpc) is 2.89. The quantitative estimate of drug-likeness (QED) is 0.888. The Morgan fingerprint density at radius 3 is 2.83 bits per heavy atom. The Morgan fingerprint density at radius 1 is 1.50 bits per heavy atom. The predicted octanol–water partition coefficient (Wildman–Crippen LogP) is 1.98. The molecule has 0 aromatic carbocycles. The molecule has 1 fully saturated rings. The van der Waals surface area contributed by atoms with Gasteiger partial charge < -0.3 is 11.1 Å². The summed E-state index contributed by atoms with van der Waals surface area (Å²) in [6.07, 6.45) is 4.59. The third-order valence-electron chi connectivity index (χ3n) is 3.18. The standard InChI is InChI=1S/C11H18N4OS.ClH/c1-2-10-14-15-11(17-10)13-9(16)6-7-4-3-5-8(7)12;/h7-8H,2-6,12H2,1H3,(H,13,15,16);1H/t7-,8+;/m0./s1. The fourth-order valence-electron chi connectivity index (χ4n) is 2.17. The number of aromatic nitrogens is 2. The summed E-state index contributed by atoms with van der Waals surface area (Å²) in [6.45, 7) is 2.02. The first-order chi connectivity index (χ1) is 8.19. The van der Waals surface area contributed by atoms with Crippen LogP contribution in [0.4, 0.5) is 5.13 Å². The zero-order chi connectivity index (χ0) is 12.3. The van der Waals surface area contributed by atoms with Gasteiger partial charge in [-0.1, -0.05) is 24.7 Å². The SMILES string of the molecule is CCc1nnc(NC(=O)C[C@@H]2CCC[C@H]2N)s1.Cl. The molecule has 1 aliphatic carbocycles. The maximum absolute atomic E-state index is 11.8. The van der Waals surface area contributed by atoms with Gasteiger partial charge in [0.25, 0.3) is 0 Å². The maximum atomic E-state index is 11.8. The lowest BCUT2D eigenvalue weighted by Crippen LogP contribution is -2.28. The second kappa shape index (κ2) is 7.01. The monoisotopic (exact) mass is 290 g/mol.